The summed E-state index contributed by atoms with van der Waals surface area (Å²) in [5.41, 5.74) is 0.632. The lowest BCUT2D eigenvalue weighted by atomic mass is 10.0. The van der Waals surface area contributed by atoms with E-state index in [9.17, 15) is 4.79 Å². The fourth-order valence-corrected chi connectivity index (χ4v) is 3.26. The number of hydrogen-bond donors (Lipinski definition) is 0. The molecule has 5 nitrogen and oxygen atoms in total. The van der Waals surface area contributed by atoms with Crippen LogP contribution in [0, 0.1) is 5.92 Å². The Morgan fingerprint density at radius 1 is 1.38 bits per heavy atom. The van der Waals surface area contributed by atoms with Crippen LogP contribution in [0.1, 0.15) is 23.7 Å². The van der Waals surface area contributed by atoms with Crippen molar-refractivity contribution in [2.45, 2.75) is 19.4 Å². The van der Waals surface area contributed by atoms with Gasteiger partial charge in [-0.05, 0) is 38.2 Å². The zero-order chi connectivity index (χ0) is 17.7. The lowest BCUT2D eigenvalue weighted by Gasteiger charge is -2.23. The lowest BCUT2D eigenvalue weighted by molar-refractivity contribution is 0.0780. The Morgan fingerprint density at radius 3 is 2.67 bits per heavy atom. The fraction of sp³-hybridized carbons (Fsp3) is 0.526. The van der Waals surface area contributed by atoms with Gasteiger partial charge in [0.25, 0.3) is 5.91 Å². The molecule has 2 rings (SSSR count). The van der Waals surface area contributed by atoms with Gasteiger partial charge in [-0.3, -0.25) is 4.79 Å². The van der Waals surface area contributed by atoms with Gasteiger partial charge in [-0.1, -0.05) is 26.0 Å². The third-order valence-corrected chi connectivity index (χ3v) is 4.65. The third kappa shape index (κ3) is 3.90. The molecule has 0 unspecified atom stereocenters. The highest BCUT2D eigenvalue weighted by Gasteiger charge is 2.35. The normalized spacial score (nSPS) is 20.3. The number of likely N-dealkylation sites (tertiary alicyclic amines) is 1. The van der Waals surface area contributed by atoms with Crippen LogP contribution < -0.4 is 9.47 Å². The predicted octanol–water partition coefficient (Wildman–Crippen LogP) is 2.67. The van der Waals surface area contributed by atoms with Crippen LogP contribution in [-0.2, 0) is 0 Å². The first kappa shape index (κ1) is 18.3. The second kappa shape index (κ2) is 8.20. The molecule has 1 saturated heterocycles. The Morgan fingerprint density at radius 2 is 2.12 bits per heavy atom. The lowest BCUT2D eigenvalue weighted by Crippen LogP contribution is -2.36. The van der Waals surface area contributed by atoms with Gasteiger partial charge in [0.15, 0.2) is 11.5 Å². The highest BCUT2D eigenvalue weighted by molar-refractivity contribution is 5.95. The minimum Gasteiger partial charge on any atom is -0.493 e. The average Bonchev–Trinajstić information content (AvgIpc) is 3.03. The van der Waals surface area contributed by atoms with Gasteiger partial charge in [0.1, 0.15) is 6.61 Å². The molecule has 0 bridgehead atoms. The average molecular weight is 332 g/mol. The minimum absolute atomic E-state index is 0.0476. The third-order valence-electron chi connectivity index (χ3n) is 4.65. The molecular formula is C19H28N2O3. The van der Waals surface area contributed by atoms with Gasteiger partial charge in [-0.25, -0.2) is 0 Å². The molecule has 0 radical (unpaired) electrons. The summed E-state index contributed by atoms with van der Waals surface area (Å²) in [6, 6.07) is 5.75. The Kier molecular flexibility index (Phi) is 6.26. The topological polar surface area (TPSA) is 42.0 Å². The van der Waals surface area contributed by atoms with Gasteiger partial charge in [-0.2, -0.15) is 0 Å². The predicted molar refractivity (Wildman–Crippen MR) is 95.8 cm³/mol. The van der Waals surface area contributed by atoms with Crippen LogP contribution in [0.15, 0.2) is 30.9 Å². The maximum absolute atomic E-state index is 12.9. The molecule has 0 N–H and O–H groups in total. The van der Waals surface area contributed by atoms with E-state index < -0.39 is 0 Å². The number of likely N-dealkylation sites (N-methyl/N-ethyl adjacent to an activating group) is 1. The zero-order valence-electron chi connectivity index (χ0n) is 15.1. The molecule has 0 saturated carbocycles. The summed E-state index contributed by atoms with van der Waals surface area (Å²) in [7, 11) is 5.74. The summed E-state index contributed by atoms with van der Waals surface area (Å²) in [6.07, 6.45) is 2.75. The molecule has 1 aliphatic heterocycles. The second-order valence-corrected chi connectivity index (χ2v) is 6.37. The molecule has 132 valence electrons. The number of carbonyl (C=O) groups excluding carboxylic acids is 1. The van der Waals surface area contributed by atoms with E-state index in [1.54, 1.807) is 31.4 Å². The molecule has 1 aromatic rings. The van der Waals surface area contributed by atoms with E-state index in [0.717, 1.165) is 19.5 Å². The van der Waals surface area contributed by atoms with E-state index in [2.05, 4.69) is 32.5 Å². The van der Waals surface area contributed by atoms with Crippen molar-refractivity contribution in [2.75, 3.05) is 40.9 Å². The van der Waals surface area contributed by atoms with Crippen molar-refractivity contribution in [3.8, 4) is 11.5 Å². The van der Waals surface area contributed by atoms with Crippen LogP contribution in [-0.4, -0.2) is 62.7 Å². The monoisotopic (exact) mass is 332 g/mol. The first-order valence-electron chi connectivity index (χ1n) is 8.39. The first-order chi connectivity index (χ1) is 11.5. The van der Waals surface area contributed by atoms with E-state index in [1.165, 1.54) is 0 Å². The Hall–Kier alpha value is -2.01. The van der Waals surface area contributed by atoms with Crippen molar-refractivity contribution in [1.82, 2.24) is 9.80 Å². The molecule has 1 aliphatic rings. The first-order valence-corrected chi connectivity index (χ1v) is 8.39. The number of benzene rings is 1. The summed E-state index contributed by atoms with van der Waals surface area (Å²) in [5, 5.41) is 0. The quantitative estimate of drug-likeness (QED) is 0.720. The summed E-state index contributed by atoms with van der Waals surface area (Å²) in [5.74, 6) is 1.75. The van der Waals surface area contributed by atoms with Crippen molar-refractivity contribution >= 4 is 5.91 Å². The summed E-state index contributed by atoms with van der Waals surface area (Å²) >= 11 is 0. The van der Waals surface area contributed by atoms with Gasteiger partial charge in [0, 0.05) is 24.7 Å². The summed E-state index contributed by atoms with van der Waals surface area (Å²) in [4.78, 5) is 17.0. The molecule has 1 amide bonds. The number of carbonyl (C=O) groups is 1. The van der Waals surface area contributed by atoms with Gasteiger partial charge in [-0.15, -0.1) is 0 Å². The molecule has 0 aromatic heterocycles. The fourth-order valence-electron chi connectivity index (χ4n) is 3.26. The van der Waals surface area contributed by atoms with Crippen molar-refractivity contribution in [3.63, 3.8) is 0 Å². The number of rotatable bonds is 7. The smallest absolute Gasteiger partial charge is 0.254 e. The molecule has 2 atom stereocenters. The largest absolute Gasteiger partial charge is 0.493 e. The van der Waals surface area contributed by atoms with Gasteiger partial charge in [0.2, 0.25) is 0 Å². The molecule has 1 aromatic carbocycles. The van der Waals surface area contributed by atoms with E-state index in [4.69, 9.17) is 9.47 Å². The van der Waals surface area contributed by atoms with Crippen LogP contribution in [0.25, 0.3) is 0 Å². The van der Waals surface area contributed by atoms with Gasteiger partial charge >= 0.3 is 0 Å². The number of amides is 1. The number of hydrogen-bond acceptors (Lipinski definition) is 4. The Balaban J connectivity index is 2.16. The van der Waals surface area contributed by atoms with Crippen molar-refractivity contribution in [1.29, 1.82) is 0 Å². The van der Waals surface area contributed by atoms with Crippen LogP contribution in [0.3, 0.4) is 0 Å². The standard InChI is InChI=1S/C19H28N2O3/c1-6-10-24-17-9-8-15(11-18(17)23-5)19(22)21-12-14(7-2)16(13-21)20(3)4/h6,8-9,11,14,16H,1,7,10,12-13H2,2-5H3/t14-,16+/m0/s1. The van der Waals surface area contributed by atoms with Crippen LogP contribution in [0.2, 0.25) is 0 Å². The van der Waals surface area contributed by atoms with E-state index >= 15 is 0 Å². The maximum atomic E-state index is 12.9. The van der Waals surface area contributed by atoms with E-state index in [-0.39, 0.29) is 5.91 Å². The van der Waals surface area contributed by atoms with Crippen molar-refractivity contribution in [3.05, 3.63) is 36.4 Å². The van der Waals surface area contributed by atoms with Gasteiger partial charge < -0.3 is 19.3 Å². The SMILES string of the molecule is C=CCOc1ccc(C(=O)N2C[C@H](CC)[C@H](N(C)C)C2)cc1OC. The minimum atomic E-state index is 0.0476. The molecule has 1 heterocycles. The number of ether oxygens (including phenoxy) is 2. The number of nitrogens with zero attached hydrogens (tertiary/aromatic N) is 2. The van der Waals surface area contributed by atoms with Crippen LogP contribution in [0.4, 0.5) is 0 Å². The Labute approximate surface area is 144 Å². The second-order valence-electron chi connectivity index (χ2n) is 6.37. The molecular weight excluding hydrogens is 304 g/mol. The molecule has 0 spiro atoms. The van der Waals surface area contributed by atoms with Crippen molar-refractivity contribution < 1.29 is 14.3 Å². The zero-order valence-corrected chi connectivity index (χ0v) is 15.1. The van der Waals surface area contributed by atoms with E-state index in [1.807, 2.05) is 4.90 Å². The Bertz CT molecular complexity index is 586. The molecule has 1 fully saturated rings. The maximum Gasteiger partial charge on any atom is 0.254 e. The van der Waals surface area contributed by atoms with E-state index in [0.29, 0.717) is 35.6 Å². The van der Waals surface area contributed by atoms with Crippen LogP contribution >= 0.6 is 0 Å². The molecule has 0 aliphatic carbocycles. The van der Waals surface area contributed by atoms with Crippen LogP contribution in [0.5, 0.6) is 11.5 Å². The molecule has 5 heteroatoms. The summed E-state index contributed by atoms with van der Waals surface area (Å²) in [6.45, 7) is 7.79. The highest BCUT2D eigenvalue weighted by atomic mass is 16.5. The molecule has 24 heavy (non-hydrogen) atoms. The summed E-state index contributed by atoms with van der Waals surface area (Å²) < 4.78 is 10.9. The van der Waals surface area contributed by atoms with Crippen molar-refractivity contribution in [2.24, 2.45) is 5.92 Å². The van der Waals surface area contributed by atoms with Gasteiger partial charge in [0.05, 0.1) is 7.11 Å². The number of methoxy groups -OCH3 is 1. The highest BCUT2D eigenvalue weighted by Crippen LogP contribution is 2.30.